The molecule has 144 valence electrons. The molecule has 0 radical (unpaired) electrons. The number of amides is 1. The molecule has 3 rings (SSSR count). The van der Waals surface area contributed by atoms with Crippen molar-refractivity contribution in [2.75, 3.05) is 5.32 Å². The molecule has 0 aliphatic heterocycles. The second-order valence-corrected chi connectivity index (χ2v) is 9.43. The first-order valence-electron chi connectivity index (χ1n) is 9.10. The van der Waals surface area contributed by atoms with Gasteiger partial charge in [0, 0.05) is 5.02 Å². The lowest BCUT2D eigenvalue weighted by Gasteiger charge is -2.42. The fourth-order valence-electron chi connectivity index (χ4n) is 3.72. The summed E-state index contributed by atoms with van der Waals surface area (Å²) in [5.74, 6) is -0.521. The van der Waals surface area contributed by atoms with Crippen molar-refractivity contribution >= 4 is 34.8 Å². The van der Waals surface area contributed by atoms with Crippen LogP contribution in [0.1, 0.15) is 63.3 Å². The van der Waals surface area contributed by atoms with Crippen molar-refractivity contribution in [2.45, 2.75) is 57.5 Å². The van der Waals surface area contributed by atoms with E-state index in [2.05, 4.69) is 39.1 Å². The van der Waals surface area contributed by atoms with Crippen LogP contribution in [0.15, 0.2) is 36.4 Å². The van der Waals surface area contributed by atoms with Crippen molar-refractivity contribution < 1.29 is 9.90 Å². The van der Waals surface area contributed by atoms with E-state index in [-0.39, 0.29) is 10.8 Å². The summed E-state index contributed by atoms with van der Waals surface area (Å²) in [7, 11) is 0. The number of halogens is 2. The second-order valence-electron chi connectivity index (χ2n) is 8.59. The van der Waals surface area contributed by atoms with Gasteiger partial charge in [0.25, 0.3) is 5.91 Å². The fourth-order valence-corrected chi connectivity index (χ4v) is 4.18. The number of fused-ring (bicyclic) bond motifs is 1. The van der Waals surface area contributed by atoms with Gasteiger partial charge in [-0.15, -0.1) is 0 Å². The van der Waals surface area contributed by atoms with E-state index in [4.69, 9.17) is 23.2 Å². The SMILES string of the molecule is CC1(C)CCC(C)(C)c2cc([C@@H](O)C(=O)Nc3ccc(Cl)cc3Cl)ccc21. The summed E-state index contributed by atoms with van der Waals surface area (Å²) < 4.78 is 0. The average Bonchev–Trinajstić information content (AvgIpc) is 2.60. The topological polar surface area (TPSA) is 49.3 Å². The van der Waals surface area contributed by atoms with Crippen LogP contribution in [0.3, 0.4) is 0 Å². The van der Waals surface area contributed by atoms with Crippen LogP contribution in [0, 0.1) is 0 Å². The van der Waals surface area contributed by atoms with E-state index in [9.17, 15) is 9.90 Å². The van der Waals surface area contributed by atoms with Crippen molar-refractivity contribution in [3.63, 3.8) is 0 Å². The quantitative estimate of drug-likeness (QED) is 0.655. The second kappa shape index (κ2) is 7.12. The van der Waals surface area contributed by atoms with Crippen molar-refractivity contribution in [1.29, 1.82) is 0 Å². The standard InChI is InChI=1S/C22H25Cl2NO2/c1-21(2)9-10-22(3,4)16-11-13(5-7-15(16)21)19(26)20(27)25-18-8-6-14(23)12-17(18)24/h5-8,11-12,19,26H,9-10H2,1-4H3,(H,25,27)/t19-/m1/s1. The third-order valence-electron chi connectivity index (χ3n) is 5.63. The molecule has 0 saturated carbocycles. The molecule has 0 aromatic heterocycles. The van der Waals surface area contributed by atoms with Gasteiger partial charge in [-0.05, 0) is 58.6 Å². The molecule has 2 aromatic rings. The van der Waals surface area contributed by atoms with E-state index < -0.39 is 12.0 Å². The largest absolute Gasteiger partial charge is 0.378 e. The van der Waals surface area contributed by atoms with Crippen LogP contribution in [-0.2, 0) is 15.6 Å². The first kappa shape index (κ1) is 20.2. The Balaban J connectivity index is 1.89. The lowest BCUT2D eigenvalue weighted by molar-refractivity contribution is -0.124. The molecular formula is C22H25Cl2NO2. The molecular weight excluding hydrogens is 381 g/mol. The Kier molecular flexibility index (Phi) is 5.33. The minimum atomic E-state index is -1.28. The van der Waals surface area contributed by atoms with Gasteiger partial charge in [-0.25, -0.2) is 0 Å². The van der Waals surface area contributed by atoms with Gasteiger partial charge in [-0.2, -0.15) is 0 Å². The van der Waals surface area contributed by atoms with E-state index in [1.165, 1.54) is 11.1 Å². The zero-order valence-electron chi connectivity index (χ0n) is 16.1. The number of benzene rings is 2. The number of carbonyl (C=O) groups excluding carboxylic acids is 1. The summed E-state index contributed by atoms with van der Waals surface area (Å²) in [5, 5.41) is 14.1. The maximum absolute atomic E-state index is 12.6. The van der Waals surface area contributed by atoms with Gasteiger partial charge in [-0.1, -0.05) is 69.1 Å². The van der Waals surface area contributed by atoms with Crippen molar-refractivity contribution in [1.82, 2.24) is 0 Å². The minimum absolute atomic E-state index is 0.0105. The van der Waals surface area contributed by atoms with E-state index >= 15 is 0 Å². The minimum Gasteiger partial charge on any atom is -0.378 e. The Labute approximate surface area is 170 Å². The number of anilines is 1. The molecule has 2 aromatic carbocycles. The Morgan fingerprint density at radius 1 is 1.00 bits per heavy atom. The van der Waals surface area contributed by atoms with E-state index in [0.717, 1.165) is 12.8 Å². The molecule has 0 bridgehead atoms. The zero-order chi connectivity index (χ0) is 20.0. The van der Waals surface area contributed by atoms with Crippen LogP contribution in [0.5, 0.6) is 0 Å². The lowest BCUT2D eigenvalue weighted by atomic mass is 9.63. The van der Waals surface area contributed by atoms with E-state index in [1.807, 2.05) is 12.1 Å². The number of aliphatic hydroxyl groups is 1. The predicted molar refractivity (Wildman–Crippen MR) is 112 cm³/mol. The van der Waals surface area contributed by atoms with Crippen LogP contribution in [0.25, 0.3) is 0 Å². The summed E-state index contributed by atoms with van der Waals surface area (Å²) in [6.07, 6.45) is 0.909. The van der Waals surface area contributed by atoms with Gasteiger partial charge in [0.15, 0.2) is 6.10 Å². The molecule has 1 aliphatic rings. The van der Waals surface area contributed by atoms with Crippen molar-refractivity contribution in [2.24, 2.45) is 0 Å². The first-order chi connectivity index (χ1) is 12.5. The number of nitrogens with one attached hydrogen (secondary N) is 1. The third kappa shape index (κ3) is 4.01. The lowest BCUT2D eigenvalue weighted by Crippen LogP contribution is -2.34. The molecule has 0 spiro atoms. The molecule has 0 saturated heterocycles. The highest BCUT2D eigenvalue weighted by molar-refractivity contribution is 6.36. The monoisotopic (exact) mass is 405 g/mol. The van der Waals surface area contributed by atoms with Gasteiger partial charge < -0.3 is 10.4 Å². The number of carbonyl (C=O) groups is 1. The first-order valence-corrected chi connectivity index (χ1v) is 9.86. The number of rotatable bonds is 3. The van der Waals surface area contributed by atoms with Crippen LogP contribution in [0.4, 0.5) is 5.69 Å². The molecule has 5 heteroatoms. The molecule has 0 fully saturated rings. The Morgan fingerprint density at radius 2 is 1.63 bits per heavy atom. The Bertz CT molecular complexity index is 890. The zero-order valence-corrected chi connectivity index (χ0v) is 17.6. The van der Waals surface area contributed by atoms with E-state index in [0.29, 0.717) is 21.3 Å². The van der Waals surface area contributed by atoms with Crippen molar-refractivity contribution in [3.8, 4) is 0 Å². The summed E-state index contributed by atoms with van der Waals surface area (Å²) in [6, 6.07) is 10.7. The summed E-state index contributed by atoms with van der Waals surface area (Å²) in [6.45, 7) is 8.91. The highest BCUT2D eigenvalue weighted by atomic mass is 35.5. The molecule has 3 nitrogen and oxygen atoms in total. The molecule has 27 heavy (non-hydrogen) atoms. The summed E-state index contributed by atoms with van der Waals surface area (Å²) in [5.41, 5.74) is 3.60. The highest BCUT2D eigenvalue weighted by Crippen LogP contribution is 2.46. The molecule has 2 N–H and O–H groups in total. The molecule has 1 aliphatic carbocycles. The van der Waals surface area contributed by atoms with Gasteiger partial charge in [-0.3, -0.25) is 4.79 Å². The maximum atomic E-state index is 12.6. The summed E-state index contributed by atoms with van der Waals surface area (Å²) >= 11 is 12.0. The van der Waals surface area contributed by atoms with Gasteiger partial charge in [0.1, 0.15) is 0 Å². The van der Waals surface area contributed by atoms with Crippen molar-refractivity contribution in [3.05, 3.63) is 63.1 Å². The summed E-state index contributed by atoms with van der Waals surface area (Å²) in [4.78, 5) is 12.6. The van der Waals surface area contributed by atoms with Crippen LogP contribution >= 0.6 is 23.2 Å². The smallest absolute Gasteiger partial charge is 0.257 e. The normalized spacial score (nSPS) is 18.5. The maximum Gasteiger partial charge on any atom is 0.257 e. The van der Waals surface area contributed by atoms with Gasteiger partial charge in [0.05, 0.1) is 10.7 Å². The average molecular weight is 406 g/mol. The number of aliphatic hydroxyl groups excluding tert-OH is 1. The van der Waals surface area contributed by atoms with Crippen LogP contribution in [0.2, 0.25) is 10.0 Å². The molecule has 1 atom stereocenters. The molecule has 1 amide bonds. The Morgan fingerprint density at radius 3 is 2.26 bits per heavy atom. The number of hydrogen-bond acceptors (Lipinski definition) is 2. The van der Waals surface area contributed by atoms with Gasteiger partial charge in [0.2, 0.25) is 0 Å². The van der Waals surface area contributed by atoms with Gasteiger partial charge >= 0.3 is 0 Å². The van der Waals surface area contributed by atoms with Crippen LogP contribution < -0.4 is 5.32 Å². The van der Waals surface area contributed by atoms with E-state index in [1.54, 1.807) is 18.2 Å². The molecule has 0 unspecified atom stereocenters. The fraction of sp³-hybridized carbons (Fsp3) is 0.409. The Hall–Kier alpha value is -1.55. The van der Waals surface area contributed by atoms with Crippen LogP contribution in [-0.4, -0.2) is 11.0 Å². The third-order valence-corrected chi connectivity index (χ3v) is 6.18. The predicted octanol–water partition coefficient (Wildman–Crippen LogP) is 6.01. The molecule has 0 heterocycles. The number of hydrogen-bond donors (Lipinski definition) is 2. The highest BCUT2D eigenvalue weighted by Gasteiger charge is 2.37.